The molecule has 2 aliphatic rings. The van der Waals surface area contributed by atoms with Crippen molar-refractivity contribution in [2.75, 3.05) is 6.61 Å². The molecule has 2 N–H and O–H groups in total. The SMILES string of the molecule is NC(CCCC1CCCO1)C1Cc2ccccc21. The number of fused-ring (bicyclic) bond motifs is 1. The first-order chi connectivity index (χ1) is 8.84. The average molecular weight is 245 g/mol. The number of hydrogen-bond donors (Lipinski definition) is 1. The van der Waals surface area contributed by atoms with Crippen LogP contribution in [-0.4, -0.2) is 18.8 Å². The Morgan fingerprint density at radius 3 is 3.00 bits per heavy atom. The smallest absolute Gasteiger partial charge is 0.0576 e. The molecule has 0 saturated carbocycles. The Morgan fingerprint density at radius 2 is 2.22 bits per heavy atom. The topological polar surface area (TPSA) is 35.2 Å². The van der Waals surface area contributed by atoms with Crippen molar-refractivity contribution < 1.29 is 4.74 Å². The third-order valence-corrected chi connectivity index (χ3v) is 4.50. The van der Waals surface area contributed by atoms with Crippen molar-refractivity contribution in [3.05, 3.63) is 35.4 Å². The van der Waals surface area contributed by atoms with Crippen LogP contribution in [0.5, 0.6) is 0 Å². The lowest BCUT2D eigenvalue weighted by atomic mass is 9.72. The molecular weight excluding hydrogens is 222 g/mol. The monoisotopic (exact) mass is 245 g/mol. The minimum atomic E-state index is 0.335. The Hall–Kier alpha value is -0.860. The minimum Gasteiger partial charge on any atom is -0.378 e. The maximum Gasteiger partial charge on any atom is 0.0576 e. The normalized spacial score (nSPS) is 27.6. The predicted octanol–water partition coefficient (Wildman–Crippen LogP) is 3.00. The molecule has 2 nitrogen and oxygen atoms in total. The van der Waals surface area contributed by atoms with Crippen molar-refractivity contribution in [3.8, 4) is 0 Å². The summed E-state index contributed by atoms with van der Waals surface area (Å²) in [5.74, 6) is 0.602. The lowest BCUT2D eigenvalue weighted by molar-refractivity contribution is 0.101. The zero-order chi connectivity index (χ0) is 12.4. The van der Waals surface area contributed by atoms with Crippen LogP contribution in [0.2, 0.25) is 0 Å². The molecule has 0 radical (unpaired) electrons. The van der Waals surface area contributed by atoms with Gasteiger partial charge in [0.1, 0.15) is 0 Å². The van der Waals surface area contributed by atoms with Gasteiger partial charge in [-0.3, -0.25) is 0 Å². The first-order valence-corrected chi connectivity index (χ1v) is 7.29. The average Bonchev–Trinajstić information content (AvgIpc) is 2.84. The third-order valence-electron chi connectivity index (χ3n) is 4.50. The summed E-state index contributed by atoms with van der Waals surface area (Å²) >= 11 is 0. The van der Waals surface area contributed by atoms with Gasteiger partial charge in [0.15, 0.2) is 0 Å². The van der Waals surface area contributed by atoms with Crippen molar-refractivity contribution in [2.24, 2.45) is 5.73 Å². The van der Waals surface area contributed by atoms with Gasteiger partial charge in [-0.15, -0.1) is 0 Å². The third kappa shape index (κ3) is 2.45. The van der Waals surface area contributed by atoms with Gasteiger partial charge in [0.25, 0.3) is 0 Å². The van der Waals surface area contributed by atoms with E-state index in [0.29, 0.717) is 18.1 Å². The molecule has 2 heteroatoms. The molecule has 3 unspecified atom stereocenters. The van der Waals surface area contributed by atoms with Gasteiger partial charge in [0.05, 0.1) is 6.10 Å². The van der Waals surface area contributed by atoms with E-state index < -0.39 is 0 Å². The van der Waals surface area contributed by atoms with Crippen LogP contribution < -0.4 is 5.73 Å². The van der Waals surface area contributed by atoms with Gasteiger partial charge in [-0.2, -0.15) is 0 Å². The van der Waals surface area contributed by atoms with E-state index >= 15 is 0 Å². The zero-order valence-corrected chi connectivity index (χ0v) is 11.0. The molecule has 0 spiro atoms. The van der Waals surface area contributed by atoms with Crippen LogP contribution in [0.4, 0.5) is 0 Å². The van der Waals surface area contributed by atoms with Gasteiger partial charge >= 0.3 is 0 Å². The summed E-state index contributed by atoms with van der Waals surface area (Å²) < 4.78 is 5.65. The number of nitrogens with two attached hydrogens (primary N) is 1. The van der Waals surface area contributed by atoms with Crippen LogP contribution in [-0.2, 0) is 11.2 Å². The van der Waals surface area contributed by atoms with E-state index in [-0.39, 0.29) is 0 Å². The Balaban J connectivity index is 1.44. The van der Waals surface area contributed by atoms with Gasteiger partial charge in [-0.25, -0.2) is 0 Å². The molecule has 18 heavy (non-hydrogen) atoms. The van der Waals surface area contributed by atoms with Gasteiger partial charge < -0.3 is 10.5 Å². The quantitative estimate of drug-likeness (QED) is 0.865. The highest BCUT2D eigenvalue weighted by molar-refractivity contribution is 5.41. The molecule has 1 saturated heterocycles. The number of hydrogen-bond acceptors (Lipinski definition) is 2. The van der Waals surface area contributed by atoms with Crippen molar-refractivity contribution in [1.82, 2.24) is 0 Å². The molecule has 1 aliphatic heterocycles. The first-order valence-electron chi connectivity index (χ1n) is 7.29. The predicted molar refractivity (Wildman–Crippen MR) is 73.7 cm³/mol. The van der Waals surface area contributed by atoms with Gasteiger partial charge in [0, 0.05) is 18.6 Å². The first kappa shape index (κ1) is 12.2. The summed E-state index contributed by atoms with van der Waals surface area (Å²) in [6.45, 7) is 0.965. The molecule has 0 bridgehead atoms. The summed E-state index contributed by atoms with van der Waals surface area (Å²) in [6.07, 6.45) is 7.74. The largest absolute Gasteiger partial charge is 0.378 e. The highest BCUT2D eigenvalue weighted by Crippen LogP contribution is 2.37. The van der Waals surface area contributed by atoms with Crippen molar-refractivity contribution in [2.45, 2.75) is 56.6 Å². The van der Waals surface area contributed by atoms with Crippen molar-refractivity contribution in [1.29, 1.82) is 0 Å². The van der Waals surface area contributed by atoms with E-state index in [9.17, 15) is 0 Å². The Morgan fingerprint density at radius 1 is 1.33 bits per heavy atom. The molecule has 1 aromatic carbocycles. The van der Waals surface area contributed by atoms with Crippen LogP contribution in [0.15, 0.2) is 24.3 Å². The summed E-state index contributed by atoms with van der Waals surface area (Å²) in [5.41, 5.74) is 9.32. The second kappa shape index (κ2) is 5.41. The second-order valence-electron chi connectivity index (χ2n) is 5.74. The molecule has 0 aromatic heterocycles. The fraction of sp³-hybridized carbons (Fsp3) is 0.625. The van der Waals surface area contributed by atoms with E-state index in [1.165, 1.54) is 43.2 Å². The van der Waals surface area contributed by atoms with Crippen molar-refractivity contribution in [3.63, 3.8) is 0 Å². The number of rotatable bonds is 5. The molecule has 3 rings (SSSR count). The van der Waals surface area contributed by atoms with Crippen LogP contribution in [0.25, 0.3) is 0 Å². The molecular formula is C16H23NO. The molecule has 1 fully saturated rings. The molecule has 0 amide bonds. The van der Waals surface area contributed by atoms with Crippen LogP contribution in [0, 0.1) is 0 Å². The second-order valence-corrected chi connectivity index (χ2v) is 5.74. The Bertz CT molecular complexity index is 398. The maximum atomic E-state index is 6.34. The standard InChI is InChI=1S/C16H23NO/c17-16(9-3-6-13-7-4-10-18-13)15-11-12-5-1-2-8-14(12)15/h1-2,5,8,13,15-16H,3-4,6-7,9-11,17H2. The van der Waals surface area contributed by atoms with Crippen LogP contribution in [0.1, 0.15) is 49.1 Å². The van der Waals surface area contributed by atoms with E-state index in [1.807, 2.05) is 0 Å². The summed E-state index contributed by atoms with van der Waals surface area (Å²) in [5, 5.41) is 0. The highest BCUT2D eigenvalue weighted by Gasteiger charge is 2.30. The van der Waals surface area contributed by atoms with E-state index in [4.69, 9.17) is 10.5 Å². The molecule has 98 valence electrons. The van der Waals surface area contributed by atoms with Crippen LogP contribution in [0.3, 0.4) is 0 Å². The Kier molecular flexibility index (Phi) is 3.67. The molecule has 1 aromatic rings. The molecule has 3 atom stereocenters. The van der Waals surface area contributed by atoms with Crippen molar-refractivity contribution >= 4 is 0 Å². The molecule has 1 heterocycles. The number of ether oxygens (including phenoxy) is 1. The van der Waals surface area contributed by atoms with Gasteiger partial charge in [0.2, 0.25) is 0 Å². The lowest BCUT2D eigenvalue weighted by Gasteiger charge is -2.34. The lowest BCUT2D eigenvalue weighted by Crippen LogP contribution is -2.35. The number of benzene rings is 1. The van der Waals surface area contributed by atoms with Gasteiger partial charge in [-0.05, 0) is 49.7 Å². The van der Waals surface area contributed by atoms with E-state index in [1.54, 1.807) is 0 Å². The minimum absolute atomic E-state index is 0.335. The molecule has 1 aliphatic carbocycles. The highest BCUT2D eigenvalue weighted by atomic mass is 16.5. The Labute approximate surface area is 110 Å². The van der Waals surface area contributed by atoms with E-state index in [0.717, 1.165) is 13.0 Å². The summed E-state index contributed by atoms with van der Waals surface area (Å²) in [7, 11) is 0. The zero-order valence-electron chi connectivity index (χ0n) is 11.0. The summed E-state index contributed by atoms with van der Waals surface area (Å²) in [6, 6.07) is 9.05. The van der Waals surface area contributed by atoms with Gasteiger partial charge in [-0.1, -0.05) is 24.3 Å². The fourth-order valence-corrected chi connectivity index (χ4v) is 3.33. The fourth-order valence-electron chi connectivity index (χ4n) is 3.33. The summed E-state index contributed by atoms with van der Waals surface area (Å²) in [4.78, 5) is 0. The maximum absolute atomic E-state index is 6.34. The van der Waals surface area contributed by atoms with Crippen LogP contribution >= 0.6 is 0 Å². The van der Waals surface area contributed by atoms with E-state index in [2.05, 4.69) is 24.3 Å².